The van der Waals surface area contributed by atoms with Crippen LogP contribution in [-0.4, -0.2) is 23.7 Å². The Kier molecular flexibility index (Phi) is 6.17. The number of carbonyl (C=O) groups excluding carboxylic acids is 1. The van der Waals surface area contributed by atoms with E-state index in [-0.39, 0.29) is 11.7 Å². The molecule has 1 heterocycles. The number of hydrogen-bond donors (Lipinski definition) is 1. The molecular formula is C17H17F3N2O2. The Morgan fingerprint density at radius 1 is 1.12 bits per heavy atom. The number of aryl methyl sites for hydroxylation is 1. The Morgan fingerprint density at radius 3 is 2.50 bits per heavy atom. The van der Waals surface area contributed by atoms with Gasteiger partial charge < -0.3 is 10.1 Å². The number of benzene rings is 1. The molecule has 24 heavy (non-hydrogen) atoms. The van der Waals surface area contributed by atoms with Gasteiger partial charge in [0.15, 0.2) is 6.61 Å². The molecule has 1 aromatic carbocycles. The molecule has 0 saturated heterocycles. The second-order valence-electron chi connectivity index (χ2n) is 5.19. The number of amides is 1. The monoisotopic (exact) mass is 338 g/mol. The maximum atomic E-state index is 12.0. The third-order valence-electron chi connectivity index (χ3n) is 3.18. The number of nitrogens with zero attached hydrogens (tertiary/aromatic N) is 1. The van der Waals surface area contributed by atoms with Gasteiger partial charge in [-0.15, -0.1) is 0 Å². The first kappa shape index (κ1) is 17.8. The van der Waals surface area contributed by atoms with Gasteiger partial charge in [-0.2, -0.15) is 13.2 Å². The van der Waals surface area contributed by atoms with Gasteiger partial charge in [-0.05, 0) is 35.7 Å². The molecule has 0 spiro atoms. The lowest BCUT2D eigenvalue weighted by Crippen LogP contribution is -2.23. The fraction of sp³-hybridized carbons (Fsp3) is 0.294. The van der Waals surface area contributed by atoms with Crippen LogP contribution in [0.4, 0.5) is 13.2 Å². The minimum absolute atomic E-state index is 0.101. The summed E-state index contributed by atoms with van der Waals surface area (Å²) in [4.78, 5) is 15.8. The highest BCUT2D eigenvalue weighted by Gasteiger charge is 2.28. The molecular weight excluding hydrogens is 321 g/mol. The summed E-state index contributed by atoms with van der Waals surface area (Å²) in [6, 6.07) is 9.85. The highest BCUT2D eigenvalue weighted by atomic mass is 19.4. The first-order chi connectivity index (χ1) is 11.4. The van der Waals surface area contributed by atoms with Gasteiger partial charge in [0.05, 0.1) is 0 Å². The summed E-state index contributed by atoms with van der Waals surface area (Å²) in [6.07, 6.45) is -0.0259. The van der Waals surface area contributed by atoms with Crippen molar-refractivity contribution in [3.63, 3.8) is 0 Å². The van der Waals surface area contributed by atoms with Crippen molar-refractivity contribution in [2.45, 2.75) is 25.6 Å². The van der Waals surface area contributed by atoms with Gasteiger partial charge in [-0.25, -0.2) is 0 Å². The molecule has 1 N–H and O–H groups in total. The Morgan fingerprint density at radius 2 is 1.88 bits per heavy atom. The summed E-state index contributed by atoms with van der Waals surface area (Å²) >= 11 is 0. The summed E-state index contributed by atoms with van der Waals surface area (Å²) < 4.78 is 40.8. The van der Waals surface area contributed by atoms with Crippen LogP contribution in [0.15, 0.2) is 48.8 Å². The number of carbonyl (C=O) groups is 1. The van der Waals surface area contributed by atoms with Crippen LogP contribution >= 0.6 is 0 Å². The molecule has 0 bridgehead atoms. The maximum Gasteiger partial charge on any atom is 0.422 e. The molecule has 0 aliphatic heterocycles. The van der Waals surface area contributed by atoms with E-state index >= 15 is 0 Å². The lowest BCUT2D eigenvalue weighted by Gasteiger charge is -2.10. The van der Waals surface area contributed by atoms with Crippen LogP contribution in [0.1, 0.15) is 17.5 Å². The molecule has 0 saturated carbocycles. The van der Waals surface area contributed by atoms with Crippen LogP contribution in [0.25, 0.3) is 0 Å². The van der Waals surface area contributed by atoms with Gasteiger partial charge in [0.25, 0.3) is 0 Å². The first-order valence-electron chi connectivity index (χ1n) is 7.36. The molecule has 7 heteroatoms. The molecule has 0 radical (unpaired) electrons. The van der Waals surface area contributed by atoms with E-state index in [0.717, 1.165) is 11.1 Å². The predicted molar refractivity (Wildman–Crippen MR) is 82.4 cm³/mol. The lowest BCUT2D eigenvalue weighted by molar-refractivity contribution is -0.153. The molecule has 2 rings (SSSR count). The van der Waals surface area contributed by atoms with E-state index in [1.165, 1.54) is 12.1 Å². The van der Waals surface area contributed by atoms with Crippen molar-refractivity contribution in [3.05, 3.63) is 59.9 Å². The molecule has 1 amide bonds. The zero-order valence-corrected chi connectivity index (χ0v) is 12.8. The predicted octanol–water partition coefficient (Wildman–Crippen LogP) is 3.27. The van der Waals surface area contributed by atoms with Crippen molar-refractivity contribution in [1.82, 2.24) is 10.3 Å². The highest BCUT2D eigenvalue weighted by molar-refractivity contribution is 5.76. The molecule has 0 aliphatic rings. The van der Waals surface area contributed by atoms with Gasteiger partial charge in [0, 0.05) is 25.4 Å². The second kappa shape index (κ2) is 8.33. The second-order valence-corrected chi connectivity index (χ2v) is 5.19. The molecule has 2 aromatic rings. The summed E-state index contributed by atoms with van der Waals surface area (Å²) in [5.74, 6) is 0.0373. The number of rotatable bonds is 7. The van der Waals surface area contributed by atoms with Crippen LogP contribution in [0.2, 0.25) is 0 Å². The fourth-order valence-electron chi connectivity index (χ4n) is 1.96. The van der Waals surface area contributed by atoms with E-state index in [2.05, 4.69) is 15.0 Å². The summed E-state index contributed by atoms with van der Waals surface area (Å²) in [7, 11) is 0. The Labute approximate surface area is 137 Å². The standard InChI is InChI=1S/C17H17F3N2O2/c18-17(19,20)12-24-15-6-3-14(4-7-15)11-22-16(23)8-5-13-2-1-9-21-10-13/h1-4,6-7,9-10H,5,8,11-12H2,(H,22,23). The van der Waals surface area contributed by atoms with Crippen LogP contribution in [0.5, 0.6) is 5.75 Å². The van der Waals surface area contributed by atoms with E-state index in [1.54, 1.807) is 24.5 Å². The van der Waals surface area contributed by atoms with Gasteiger partial charge in [0.2, 0.25) is 5.91 Å². The molecule has 1 aromatic heterocycles. The zero-order valence-electron chi connectivity index (χ0n) is 12.8. The fourth-order valence-corrected chi connectivity index (χ4v) is 1.96. The molecule has 4 nitrogen and oxygen atoms in total. The molecule has 0 fully saturated rings. The summed E-state index contributed by atoms with van der Waals surface area (Å²) in [5, 5.41) is 2.76. The van der Waals surface area contributed by atoms with E-state index in [0.29, 0.717) is 19.4 Å². The number of hydrogen-bond acceptors (Lipinski definition) is 3. The van der Waals surface area contributed by atoms with Crippen molar-refractivity contribution in [1.29, 1.82) is 0 Å². The van der Waals surface area contributed by atoms with E-state index in [9.17, 15) is 18.0 Å². The number of nitrogens with one attached hydrogen (secondary N) is 1. The Hall–Kier alpha value is -2.57. The first-order valence-corrected chi connectivity index (χ1v) is 7.36. The zero-order chi connectivity index (χ0) is 17.4. The number of pyridine rings is 1. The largest absolute Gasteiger partial charge is 0.484 e. The van der Waals surface area contributed by atoms with Gasteiger partial charge >= 0.3 is 6.18 Å². The van der Waals surface area contributed by atoms with Crippen LogP contribution in [0.3, 0.4) is 0 Å². The average Bonchev–Trinajstić information content (AvgIpc) is 2.57. The van der Waals surface area contributed by atoms with Crippen molar-refractivity contribution >= 4 is 5.91 Å². The topological polar surface area (TPSA) is 51.2 Å². The molecule has 0 atom stereocenters. The highest BCUT2D eigenvalue weighted by Crippen LogP contribution is 2.18. The third-order valence-corrected chi connectivity index (χ3v) is 3.18. The van der Waals surface area contributed by atoms with Crippen LogP contribution in [0, 0.1) is 0 Å². The normalized spacial score (nSPS) is 11.1. The summed E-state index contributed by atoms with van der Waals surface area (Å²) in [5.41, 5.74) is 1.77. The summed E-state index contributed by atoms with van der Waals surface area (Å²) in [6.45, 7) is -1.01. The lowest BCUT2D eigenvalue weighted by atomic mass is 10.1. The molecule has 128 valence electrons. The smallest absolute Gasteiger partial charge is 0.422 e. The minimum atomic E-state index is -4.36. The van der Waals surface area contributed by atoms with Gasteiger partial charge in [0.1, 0.15) is 5.75 Å². The van der Waals surface area contributed by atoms with Crippen molar-refractivity contribution < 1.29 is 22.7 Å². The van der Waals surface area contributed by atoms with E-state index in [1.807, 2.05) is 12.1 Å². The van der Waals surface area contributed by atoms with Crippen molar-refractivity contribution in [2.75, 3.05) is 6.61 Å². The SMILES string of the molecule is O=C(CCc1cccnc1)NCc1ccc(OCC(F)(F)F)cc1. The van der Waals surface area contributed by atoms with E-state index < -0.39 is 12.8 Å². The number of halogens is 3. The van der Waals surface area contributed by atoms with E-state index in [4.69, 9.17) is 0 Å². The number of alkyl halides is 3. The third kappa shape index (κ3) is 6.68. The maximum absolute atomic E-state index is 12.0. The Bertz CT molecular complexity index is 643. The van der Waals surface area contributed by atoms with Gasteiger partial charge in [-0.1, -0.05) is 18.2 Å². The van der Waals surface area contributed by atoms with Gasteiger partial charge in [-0.3, -0.25) is 9.78 Å². The minimum Gasteiger partial charge on any atom is -0.484 e. The van der Waals surface area contributed by atoms with Crippen LogP contribution in [-0.2, 0) is 17.8 Å². The van der Waals surface area contributed by atoms with Crippen LogP contribution < -0.4 is 10.1 Å². The average molecular weight is 338 g/mol. The quantitative estimate of drug-likeness (QED) is 0.843. The Balaban J connectivity index is 1.72. The molecule has 0 unspecified atom stereocenters. The number of aromatic nitrogens is 1. The molecule has 0 aliphatic carbocycles. The number of ether oxygens (including phenoxy) is 1. The van der Waals surface area contributed by atoms with Crippen molar-refractivity contribution in [3.8, 4) is 5.75 Å². The van der Waals surface area contributed by atoms with Crippen molar-refractivity contribution in [2.24, 2.45) is 0 Å².